The number of carbonyl (C=O) groups is 1. The van der Waals surface area contributed by atoms with Crippen LogP contribution in [0.5, 0.6) is 0 Å². The Kier molecular flexibility index (Phi) is 7.77. The van der Waals surface area contributed by atoms with Crippen LogP contribution < -0.4 is 5.32 Å². The fraction of sp³-hybridized carbons (Fsp3) is 0.500. The monoisotopic (exact) mass is 331 g/mol. The zero-order valence-electron chi connectivity index (χ0n) is 12.0. The van der Waals surface area contributed by atoms with Gasteiger partial charge in [0.1, 0.15) is 0 Å². The lowest BCUT2D eigenvalue weighted by atomic mass is 10.1. The van der Waals surface area contributed by atoms with Crippen molar-refractivity contribution in [3.63, 3.8) is 0 Å². The molecule has 0 aromatic heterocycles. The molecule has 0 unspecified atom stereocenters. The van der Waals surface area contributed by atoms with Gasteiger partial charge in [0.05, 0.1) is 5.75 Å². The number of sulfone groups is 1. The molecule has 118 valence electrons. The smallest absolute Gasteiger partial charge is 0.251 e. The van der Waals surface area contributed by atoms with Crippen LogP contribution >= 0.6 is 11.8 Å². The molecule has 1 aromatic rings. The van der Waals surface area contributed by atoms with Crippen LogP contribution in [0.4, 0.5) is 0 Å². The van der Waals surface area contributed by atoms with Gasteiger partial charge in [0.15, 0.2) is 9.84 Å². The lowest BCUT2D eigenvalue weighted by Gasteiger charge is -2.06. The van der Waals surface area contributed by atoms with Gasteiger partial charge in [-0.05, 0) is 29.9 Å². The lowest BCUT2D eigenvalue weighted by molar-refractivity contribution is 0.0956. The Bertz CT molecular complexity index is 541. The number of carbonyl (C=O) groups excluding carboxylic acids is 1. The standard InChI is InChI=1S/C14H21NO4S2/c1-21(18,19)11-12-3-5-13(6-4-12)14(17)15-7-10-20-9-2-8-16/h3-6,16H,2,7-11H2,1H3,(H,15,17). The second-order valence-electron chi connectivity index (χ2n) is 4.71. The number of thioether (sulfide) groups is 1. The summed E-state index contributed by atoms with van der Waals surface area (Å²) in [5, 5.41) is 11.4. The van der Waals surface area contributed by atoms with Crippen molar-refractivity contribution in [1.29, 1.82) is 0 Å². The highest BCUT2D eigenvalue weighted by molar-refractivity contribution is 7.99. The summed E-state index contributed by atoms with van der Waals surface area (Å²) in [4.78, 5) is 11.9. The summed E-state index contributed by atoms with van der Waals surface area (Å²) < 4.78 is 22.3. The van der Waals surface area contributed by atoms with E-state index in [9.17, 15) is 13.2 Å². The molecule has 0 spiro atoms. The van der Waals surface area contributed by atoms with Crippen LogP contribution in [0.1, 0.15) is 22.3 Å². The first-order valence-corrected chi connectivity index (χ1v) is 9.87. The molecule has 0 heterocycles. The lowest BCUT2D eigenvalue weighted by Crippen LogP contribution is -2.25. The summed E-state index contributed by atoms with van der Waals surface area (Å²) >= 11 is 1.68. The van der Waals surface area contributed by atoms with Crippen LogP contribution in [-0.2, 0) is 15.6 Å². The molecular weight excluding hydrogens is 310 g/mol. The molecule has 0 aliphatic carbocycles. The van der Waals surface area contributed by atoms with Gasteiger partial charge < -0.3 is 10.4 Å². The third-order valence-electron chi connectivity index (χ3n) is 2.62. The molecule has 0 radical (unpaired) electrons. The molecule has 0 aliphatic rings. The minimum absolute atomic E-state index is 0.0175. The van der Waals surface area contributed by atoms with Crippen molar-refractivity contribution in [2.75, 3.05) is 30.9 Å². The molecule has 0 saturated carbocycles. The van der Waals surface area contributed by atoms with Gasteiger partial charge in [0.25, 0.3) is 5.91 Å². The van der Waals surface area contributed by atoms with Crippen molar-refractivity contribution in [3.8, 4) is 0 Å². The first kappa shape index (κ1) is 18.0. The van der Waals surface area contributed by atoms with E-state index in [1.54, 1.807) is 36.0 Å². The maximum absolute atomic E-state index is 11.9. The number of aliphatic hydroxyl groups is 1. The molecule has 1 amide bonds. The van der Waals surface area contributed by atoms with Crippen molar-refractivity contribution in [1.82, 2.24) is 5.32 Å². The van der Waals surface area contributed by atoms with Gasteiger partial charge in [-0.1, -0.05) is 12.1 Å². The fourth-order valence-electron chi connectivity index (χ4n) is 1.66. The van der Waals surface area contributed by atoms with E-state index in [1.807, 2.05) is 0 Å². The molecule has 0 atom stereocenters. The Hall–Kier alpha value is -1.05. The second kappa shape index (κ2) is 9.07. The molecule has 7 heteroatoms. The summed E-state index contributed by atoms with van der Waals surface area (Å²) in [5.41, 5.74) is 1.20. The Balaban J connectivity index is 2.38. The highest BCUT2D eigenvalue weighted by Gasteiger charge is 2.07. The normalized spacial score (nSPS) is 11.3. The molecule has 1 aromatic carbocycles. The average molecular weight is 331 g/mol. The Labute approximate surface area is 130 Å². The van der Waals surface area contributed by atoms with Crippen LogP contribution in [0.3, 0.4) is 0 Å². The number of hydrogen-bond donors (Lipinski definition) is 2. The summed E-state index contributed by atoms with van der Waals surface area (Å²) in [6.07, 6.45) is 1.95. The van der Waals surface area contributed by atoms with Gasteiger partial charge in [-0.3, -0.25) is 4.79 Å². The fourth-order valence-corrected chi connectivity index (χ4v) is 3.24. The molecule has 0 fully saturated rings. The molecule has 0 aliphatic heterocycles. The quantitative estimate of drug-likeness (QED) is 0.662. The average Bonchev–Trinajstić information content (AvgIpc) is 2.41. The van der Waals surface area contributed by atoms with Crippen molar-refractivity contribution < 1.29 is 18.3 Å². The Morgan fingerprint density at radius 2 is 1.90 bits per heavy atom. The predicted molar refractivity (Wildman–Crippen MR) is 86.4 cm³/mol. The summed E-state index contributed by atoms with van der Waals surface area (Å²) in [6, 6.07) is 6.58. The van der Waals surface area contributed by atoms with Crippen molar-refractivity contribution in [2.45, 2.75) is 12.2 Å². The highest BCUT2D eigenvalue weighted by Crippen LogP contribution is 2.08. The summed E-state index contributed by atoms with van der Waals surface area (Å²) in [5.74, 6) is 1.50. The number of rotatable bonds is 9. The molecule has 2 N–H and O–H groups in total. The van der Waals surface area contributed by atoms with Crippen molar-refractivity contribution in [3.05, 3.63) is 35.4 Å². The third-order valence-corrected chi connectivity index (χ3v) is 4.55. The van der Waals surface area contributed by atoms with E-state index in [2.05, 4.69) is 5.32 Å². The van der Waals surface area contributed by atoms with Gasteiger partial charge in [0.2, 0.25) is 0 Å². The maximum Gasteiger partial charge on any atom is 0.251 e. The number of amides is 1. The third kappa shape index (κ3) is 8.08. The van der Waals surface area contributed by atoms with Crippen molar-refractivity contribution >= 4 is 27.5 Å². The van der Waals surface area contributed by atoms with Gasteiger partial charge >= 0.3 is 0 Å². The Morgan fingerprint density at radius 3 is 2.48 bits per heavy atom. The van der Waals surface area contributed by atoms with E-state index < -0.39 is 9.84 Å². The summed E-state index contributed by atoms with van der Waals surface area (Å²) in [7, 11) is -3.06. The van der Waals surface area contributed by atoms with E-state index in [0.717, 1.165) is 17.9 Å². The van der Waals surface area contributed by atoms with E-state index in [-0.39, 0.29) is 18.3 Å². The van der Waals surface area contributed by atoms with E-state index in [0.29, 0.717) is 17.7 Å². The predicted octanol–water partition coefficient (Wildman–Crippen LogP) is 1.08. The highest BCUT2D eigenvalue weighted by atomic mass is 32.2. The SMILES string of the molecule is CS(=O)(=O)Cc1ccc(C(=O)NCCSCCCO)cc1. The van der Waals surface area contributed by atoms with Gasteiger partial charge in [0, 0.05) is 30.7 Å². The molecular formula is C14H21NO4S2. The zero-order chi connectivity index (χ0) is 15.7. The molecule has 21 heavy (non-hydrogen) atoms. The van der Waals surface area contributed by atoms with Gasteiger partial charge in [-0.15, -0.1) is 0 Å². The number of nitrogens with one attached hydrogen (secondary N) is 1. The Morgan fingerprint density at radius 1 is 1.24 bits per heavy atom. The van der Waals surface area contributed by atoms with Gasteiger partial charge in [-0.2, -0.15) is 11.8 Å². The topological polar surface area (TPSA) is 83.5 Å². The van der Waals surface area contributed by atoms with E-state index in [4.69, 9.17) is 5.11 Å². The maximum atomic E-state index is 11.9. The van der Waals surface area contributed by atoms with E-state index in [1.165, 1.54) is 6.26 Å². The molecule has 5 nitrogen and oxygen atoms in total. The zero-order valence-corrected chi connectivity index (χ0v) is 13.7. The molecule has 0 saturated heterocycles. The van der Waals surface area contributed by atoms with E-state index >= 15 is 0 Å². The minimum atomic E-state index is -3.06. The number of benzene rings is 1. The first-order valence-electron chi connectivity index (χ1n) is 6.66. The number of aliphatic hydroxyl groups excluding tert-OH is 1. The molecule has 0 bridgehead atoms. The second-order valence-corrected chi connectivity index (χ2v) is 8.08. The minimum Gasteiger partial charge on any atom is -0.396 e. The number of hydrogen-bond acceptors (Lipinski definition) is 5. The van der Waals surface area contributed by atoms with Crippen LogP contribution in [0.15, 0.2) is 24.3 Å². The van der Waals surface area contributed by atoms with Crippen LogP contribution in [0, 0.1) is 0 Å². The van der Waals surface area contributed by atoms with Crippen LogP contribution in [-0.4, -0.2) is 50.3 Å². The van der Waals surface area contributed by atoms with Crippen LogP contribution in [0.25, 0.3) is 0 Å². The van der Waals surface area contributed by atoms with Crippen LogP contribution in [0.2, 0.25) is 0 Å². The van der Waals surface area contributed by atoms with Gasteiger partial charge in [-0.25, -0.2) is 8.42 Å². The first-order chi connectivity index (χ1) is 9.92. The van der Waals surface area contributed by atoms with Crippen molar-refractivity contribution in [2.24, 2.45) is 0 Å². The largest absolute Gasteiger partial charge is 0.396 e. The summed E-state index contributed by atoms with van der Waals surface area (Å²) in [6.45, 7) is 0.763. The molecule has 1 rings (SSSR count).